The lowest BCUT2D eigenvalue weighted by Gasteiger charge is -2.04. The standard InChI is InChI=1S/C20H21N3O4/c1-13-5-6-14(2)16(10-13)18-11-17(23-27-18)20(25)21-8-7-19(24)22-12-15-4-3-9-26-15/h3-6,9-11H,7-8,12H2,1-2H3,(H,21,25)(H,22,24). The molecule has 27 heavy (non-hydrogen) atoms. The molecule has 3 rings (SSSR count). The van der Waals surface area contributed by atoms with Gasteiger partial charge >= 0.3 is 0 Å². The maximum atomic E-state index is 12.2. The van der Waals surface area contributed by atoms with Crippen LogP contribution >= 0.6 is 0 Å². The number of carbonyl (C=O) groups excluding carboxylic acids is 2. The normalized spacial score (nSPS) is 10.6. The van der Waals surface area contributed by atoms with Crippen molar-refractivity contribution in [3.8, 4) is 11.3 Å². The van der Waals surface area contributed by atoms with E-state index in [0.717, 1.165) is 16.7 Å². The molecule has 0 radical (unpaired) electrons. The van der Waals surface area contributed by atoms with Gasteiger partial charge in [-0.15, -0.1) is 0 Å². The SMILES string of the molecule is Cc1ccc(C)c(-c2cc(C(=O)NCCC(=O)NCc3ccco3)no2)c1. The summed E-state index contributed by atoms with van der Waals surface area (Å²) < 4.78 is 10.5. The van der Waals surface area contributed by atoms with Crippen molar-refractivity contribution in [2.45, 2.75) is 26.8 Å². The third-order valence-electron chi connectivity index (χ3n) is 4.08. The lowest BCUT2D eigenvalue weighted by atomic mass is 10.0. The fourth-order valence-electron chi connectivity index (χ4n) is 2.58. The Balaban J connectivity index is 1.49. The Hall–Kier alpha value is -3.35. The number of hydrogen-bond acceptors (Lipinski definition) is 5. The Kier molecular flexibility index (Phi) is 5.71. The molecule has 1 aromatic carbocycles. The summed E-state index contributed by atoms with van der Waals surface area (Å²) in [4.78, 5) is 24.0. The molecule has 0 aliphatic carbocycles. The Labute approximate surface area is 156 Å². The molecule has 0 bridgehead atoms. The van der Waals surface area contributed by atoms with Crippen molar-refractivity contribution in [1.29, 1.82) is 0 Å². The summed E-state index contributed by atoms with van der Waals surface area (Å²) in [6, 6.07) is 11.1. The summed E-state index contributed by atoms with van der Waals surface area (Å²) in [7, 11) is 0. The van der Waals surface area contributed by atoms with Gasteiger partial charge in [0.05, 0.1) is 12.8 Å². The molecule has 3 aromatic rings. The molecule has 0 aliphatic heterocycles. The van der Waals surface area contributed by atoms with Crippen LogP contribution in [0.15, 0.2) is 51.6 Å². The highest BCUT2D eigenvalue weighted by Gasteiger charge is 2.15. The number of aryl methyl sites for hydroxylation is 2. The average molecular weight is 367 g/mol. The van der Waals surface area contributed by atoms with Crippen LogP contribution in [0.1, 0.15) is 33.8 Å². The number of carbonyl (C=O) groups is 2. The summed E-state index contributed by atoms with van der Waals surface area (Å²) in [5.41, 5.74) is 3.22. The number of nitrogens with zero attached hydrogens (tertiary/aromatic N) is 1. The van der Waals surface area contributed by atoms with E-state index in [2.05, 4.69) is 15.8 Å². The van der Waals surface area contributed by atoms with Crippen molar-refractivity contribution in [2.75, 3.05) is 6.54 Å². The summed E-state index contributed by atoms with van der Waals surface area (Å²) in [6.45, 7) is 4.49. The molecule has 140 valence electrons. The Bertz CT molecular complexity index is 929. The second kappa shape index (κ2) is 8.35. The second-order valence-electron chi connectivity index (χ2n) is 6.26. The van der Waals surface area contributed by atoms with Gasteiger partial charge in [0.2, 0.25) is 5.91 Å². The van der Waals surface area contributed by atoms with Crippen molar-refractivity contribution in [2.24, 2.45) is 0 Å². The number of furan rings is 1. The molecular formula is C20H21N3O4. The molecule has 2 N–H and O–H groups in total. The smallest absolute Gasteiger partial charge is 0.273 e. The van der Waals surface area contributed by atoms with Gasteiger partial charge in [-0.3, -0.25) is 9.59 Å². The van der Waals surface area contributed by atoms with Gasteiger partial charge in [0.15, 0.2) is 11.5 Å². The van der Waals surface area contributed by atoms with Crippen molar-refractivity contribution < 1.29 is 18.5 Å². The van der Waals surface area contributed by atoms with Gasteiger partial charge in [-0.05, 0) is 37.6 Å². The van der Waals surface area contributed by atoms with Crippen LogP contribution in [-0.4, -0.2) is 23.5 Å². The van der Waals surface area contributed by atoms with E-state index in [1.807, 2.05) is 32.0 Å². The lowest BCUT2D eigenvalue weighted by molar-refractivity contribution is -0.121. The molecule has 7 heteroatoms. The molecular weight excluding hydrogens is 346 g/mol. The van der Waals surface area contributed by atoms with Gasteiger partial charge < -0.3 is 19.6 Å². The first-order chi connectivity index (χ1) is 13.0. The first-order valence-corrected chi connectivity index (χ1v) is 8.64. The predicted molar refractivity (Wildman–Crippen MR) is 98.9 cm³/mol. The number of hydrogen-bond donors (Lipinski definition) is 2. The molecule has 2 aromatic heterocycles. The van der Waals surface area contributed by atoms with Gasteiger partial charge in [0, 0.05) is 24.6 Å². The molecule has 0 fully saturated rings. The molecule has 0 spiro atoms. The van der Waals surface area contributed by atoms with Crippen LogP contribution in [0.2, 0.25) is 0 Å². The van der Waals surface area contributed by atoms with E-state index < -0.39 is 0 Å². The summed E-state index contributed by atoms with van der Waals surface area (Å²) in [5.74, 6) is 0.656. The first-order valence-electron chi connectivity index (χ1n) is 8.64. The third kappa shape index (κ3) is 4.84. The van der Waals surface area contributed by atoms with Crippen LogP contribution < -0.4 is 10.6 Å². The van der Waals surface area contributed by atoms with Gasteiger partial charge in [0.25, 0.3) is 5.91 Å². The van der Waals surface area contributed by atoms with Crippen LogP contribution in [0.25, 0.3) is 11.3 Å². The summed E-state index contributed by atoms with van der Waals surface area (Å²) in [6.07, 6.45) is 1.71. The molecule has 0 aliphatic rings. The maximum absolute atomic E-state index is 12.2. The molecule has 2 heterocycles. The second-order valence-corrected chi connectivity index (χ2v) is 6.26. The topological polar surface area (TPSA) is 97.4 Å². The largest absolute Gasteiger partial charge is 0.467 e. The Morgan fingerprint density at radius 3 is 2.74 bits per heavy atom. The van der Waals surface area contributed by atoms with Crippen LogP contribution in [0.3, 0.4) is 0 Å². The fourth-order valence-corrected chi connectivity index (χ4v) is 2.58. The minimum Gasteiger partial charge on any atom is -0.467 e. The Morgan fingerprint density at radius 2 is 1.96 bits per heavy atom. The van der Waals surface area contributed by atoms with Gasteiger partial charge in [0.1, 0.15) is 5.76 Å². The highest BCUT2D eigenvalue weighted by atomic mass is 16.5. The minimum absolute atomic E-state index is 0.161. The van der Waals surface area contributed by atoms with Crippen LogP contribution in [0.4, 0.5) is 0 Å². The van der Waals surface area contributed by atoms with E-state index in [-0.39, 0.29) is 30.5 Å². The van der Waals surface area contributed by atoms with Crippen molar-refractivity contribution >= 4 is 11.8 Å². The van der Waals surface area contributed by atoms with E-state index in [1.165, 1.54) is 0 Å². The monoisotopic (exact) mass is 367 g/mol. The van der Waals surface area contributed by atoms with Crippen LogP contribution in [0.5, 0.6) is 0 Å². The zero-order valence-electron chi connectivity index (χ0n) is 15.2. The summed E-state index contributed by atoms with van der Waals surface area (Å²) in [5, 5.41) is 9.22. The molecule has 7 nitrogen and oxygen atoms in total. The van der Waals surface area contributed by atoms with Crippen LogP contribution in [0, 0.1) is 13.8 Å². The zero-order chi connectivity index (χ0) is 19.2. The zero-order valence-corrected chi connectivity index (χ0v) is 15.2. The molecule has 0 atom stereocenters. The quantitative estimate of drug-likeness (QED) is 0.669. The molecule has 0 saturated heterocycles. The number of benzene rings is 1. The predicted octanol–water partition coefficient (Wildman–Crippen LogP) is 2.99. The average Bonchev–Trinajstić information content (AvgIpc) is 3.33. The van der Waals surface area contributed by atoms with E-state index in [1.54, 1.807) is 24.5 Å². The number of rotatable bonds is 7. The third-order valence-corrected chi connectivity index (χ3v) is 4.08. The molecule has 0 saturated carbocycles. The van der Waals surface area contributed by atoms with Gasteiger partial charge in [-0.25, -0.2) is 0 Å². The van der Waals surface area contributed by atoms with E-state index in [4.69, 9.17) is 8.94 Å². The van der Waals surface area contributed by atoms with Gasteiger partial charge in [-0.2, -0.15) is 0 Å². The number of amides is 2. The van der Waals surface area contributed by atoms with Crippen molar-refractivity contribution in [1.82, 2.24) is 15.8 Å². The highest BCUT2D eigenvalue weighted by molar-refractivity contribution is 5.93. The van der Waals surface area contributed by atoms with E-state index >= 15 is 0 Å². The minimum atomic E-state index is -0.380. The highest BCUT2D eigenvalue weighted by Crippen LogP contribution is 2.25. The molecule has 2 amide bonds. The van der Waals surface area contributed by atoms with Crippen molar-refractivity contribution in [3.05, 3.63) is 65.2 Å². The van der Waals surface area contributed by atoms with E-state index in [0.29, 0.717) is 18.1 Å². The molecule has 0 unspecified atom stereocenters. The lowest BCUT2D eigenvalue weighted by Crippen LogP contribution is -2.30. The fraction of sp³-hybridized carbons (Fsp3) is 0.250. The summed E-state index contributed by atoms with van der Waals surface area (Å²) >= 11 is 0. The number of aromatic nitrogens is 1. The number of nitrogens with one attached hydrogen (secondary N) is 2. The van der Waals surface area contributed by atoms with Crippen LogP contribution in [-0.2, 0) is 11.3 Å². The van der Waals surface area contributed by atoms with Crippen molar-refractivity contribution in [3.63, 3.8) is 0 Å². The maximum Gasteiger partial charge on any atom is 0.273 e. The first kappa shape index (κ1) is 18.4. The van der Waals surface area contributed by atoms with E-state index in [9.17, 15) is 9.59 Å². The van der Waals surface area contributed by atoms with Gasteiger partial charge in [-0.1, -0.05) is 22.9 Å². The Morgan fingerprint density at radius 1 is 1.11 bits per heavy atom.